The first-order valence-corrected chi connectivity index (χ1v) is 8.39. The fourth-order valence-electron chi connectivity index (χ4n) is 2.64. The van der Waals surface area contributed by atoms with Gasteiger partial charge in [-0.15, -0.1) is 0 Å². The molecule has 4 heteroatoms. The third-order valence-corrected chi connectivity index (χ3v) is 4.24. The average Bonchev–Trinajstić information content (AvgIpc) is 2.55. The van der Waals surface area contributed by atoms with Crippen LogP contribution in [-0.4, -0.2) is 13.2 Å². The summed E-state index contributed by atoms with van der Waals surface area (Å²) >= 11 is 6.26. The van der Waals surface area contributed by atoms with Gasteiger partial charge >= 0.3 is 0 Å². The molecule has 0 atom stereocenters. The van der Waals surface area contributed by atoms with Gasteiger partial charge in [0, 0.05) is 13.1 Å². The van der Waals surface area contributed by atoms with Gasteiger partial charge in [-0.05, 0) is 34.7 Å². The quantitative estimate of drug-likeness (QED) is 0.873. The van der Waals surface area contributed by atoms with Crippen molar-refractivity contribution in [1.82, 2.24) is 5.32 Å². The van der Waals surface area contributed by atoms with E-state index in [4.69, 9.17) is 21.1 Å². The highest BCUT2D eigenvalue weighted by atomic mass is 35.5. The molecule has 23 heavy (non-hydrogen) atoms. The van der Waals surface area contributed by atoms with Gasteiger partial charge in [0.2, 0.25) is 0 Å². The van der Waals surface area contributed by atoms with Gasteiger partial charge in [-0.2, -0.15) is 0 Å². The van der Waals surface area contributed by atoms with Crippen molar-refractivity contribution in [2.75, 3.05) is 13.2 Å². The van der Waals surface area contributed by atoms with Gasteiger partial charge in [-0.3, -0.25) is 0 Å². The second kappa shape index (κ2) is 7.24. The van der Waals surface area contributed by atoms with Crippen LogP contribution in [0.1, 0.15) is 36.5 Å². The molecule has 0 unspecified atom stereocenters. The lowest BCUT2D eigenvalue weighted by Crippen LogP contribution is -2.17. The lowest BCUT2D eigenvalue weighted by atomic mass is 10.0. The zero-order chi connectivity index (χ0) is 16.2. The molecule has 0 radical (unpaired) electrons. The smallest absolute Gasteiger partial charge is 0.179 e. The van der Waals surface area contributed by atoms with Crippen LogP contribution in [-0.2, 0) is 13.1 Å². The molecule has 0 bridgehead atoms. The first-order chi connectivity index (χ1) is 11.1. The number of benzene rings is 2. The van der Waals surface area contributed by atoms with Crippen molar-refractivity contribution < 1.29 is 9.47 Å². The Kier molecular flexibility index (Phi) is 5.09. The summed E-state index contributed by atoms with van der Waals surface area (Å²) in [4.78, 5) is 0. The van der Waals surface area contributed by atoms with Crippen LogP contribution in [0.4, 0.5) is 0 Å². The summed E-state index contributed by atoms with van der Waals surface area (Å²) in [5, 5.41) is 4.06. The minimum Gasteiger partial charge on any atom is -0.486 e. The second-order valence-electron chi connectivity index (χ2n) is 6.10. The van der Waals surface area contributed by atoms with E-state index in [0.717, 1.165) is 24.4 Å². The normalized spacial score (nSPS) is 13.4. The summed E-state index contributed by atoms with van der Waals surface area (Å²) in [6, 6.07) is 12.7. The third kappa shape index (κ3) is 3.98. The molecule has 0 saturated carbocycles. The van der Waals surface area contributed by atoms with Crippen molar-refractivity contribution in [2.45, 2.75) is 32.9 Å². The number of nitrogens with one attached hydrogen (secondary N) is 1. The van der Waals surface area contributed by atoms with Crippen LogP contribution in [0.3, 0.4) is 0 Å². The fourth-order valence-corrected chi connectivity index (χ4v) is 2.93. The van der Waals surface area contributed by atoms with E-state index in [0.29, 0.717) is 29.9 Å². The van der Waals surface area contributed by atoms with Crippen molar-refractivity contribution in [3.05, 3.63) is 58.1 Å². The molecule has 0 aliphatic carbocycles. The molecular formula is C19H22ClNO2. The molecule has 2 aromatic carbocycles. The first kappa shape index (κ1) is 16.2. The third-order valence-electron chi connectivity index (χ3n) is 3.96. The molecule has 3 rings (SSSR count). The van der Waals surface area contributed by atoms with E-state index in [9.17, 15) is 0 Å². The van der Waals surface area contributed by atoms with E-state index in [1.807, 2.05) is 12.1 Å². The molecule has 0 fully saturated rings. The maximum absolute atomic E-state index is 6.26. The Morgan fingerprint density at radius 1 is 1.00 bits per heavy atom. The summed E-state index contributed by atoms with van der Waals surface area (Å²) in [6.45, 7) is 7.10. The summed E-state index contributed by atoms with van der Waals surface area (Å²) in [7, 11) is 0. The van der Waals surface area contributed by atoms with E-state index in [1.54, 1.807) is 0 Å². The van der Waals surface area contributed by atoms with Crippen molar-refractivity contribution >= 4 is 11.6 Å². The van der Waals surface area contributed by atoms with Gasteiger partial charge in [0.15, 0.2) is 11.5 Å². The van der Waals surface area contributed by atoms with Crippen LogP contribution in [0.2, 0.25) is 5.02 Å². The van der Waals surface area contributed by atoms with E-state index >= 15 is 0 Å². The Morgan fingerprint density at radius 3 is 2.43 bits per heavy atom. The standard InChI is InChI=1S/C19H22ClNO2/c1-13(2)16-5-3-14(4-6-16)11-21-12-15-9-17(20)19-18(10-15)22-7-8-23-19/h3-6,9-10,13,21H,7-8,11-12H2,1-2H3. The highest BCUT2D eigenvalue weighted by Gasteiger charge is 2.16. The Labute approximate surface area is 142 Å². The van der Waals surface area contributed by atoms with Crippen LogP contribution in [0.25, 0.3) is 0 Å². The van der Waals surface area contributed by atoms with Crippen LogP contribution in [0.15, 0.2) is 36.4 Å². The Morgan fingerprint density at radius 2 is 1.70 bits per heavy atom. The van der Waals surface area contributed by atoms with E-state index in [-0.39, 0.29) is 0 Å². The van der Waals surface area contributed by atoms with E-state index in [2.05, 4.69) is 43.4 Å². The highest BCUT2D eigenvalue weighted by Crippen LogP contribution is 2.38. The lowest BCUT2D eigenvalue weighted by Gasteiger charge is -2.20. The highest BCUT2D eigenvalue weighted by molar-refractivity contribution is 6.32. The minimum atomic E-state index is 0.552. The molecule has 0 aromatic heterocycles. The molecular weight excluding hydrogens is 310 g/mol. The van der Waals surface area contributed by atoms with Crippen molar-refractivity contribution in [2.24, 2.45) is 0 Å². The molecule has 0 amide bonds. The Hall–Kier alpha value is -1.71. The number of fused-ring (bicyclic) bond motifs is 1. The fraction of sp³-hybridized carbons (Fsp3) is 0.368. The summed E-state index contributed by atoms with van der Waals surface area (Å²) in [5.41, 5.74) is 3.74. The number of hydrogen-bond donors (Lipinski definition) is 1. The van der Waals surface area contributed by atoms with Gasteiger partial charge in [-0.25, -0.2) is 0 Å². The molecule has 0 saturated heterocycles. The topological polar surface area (TPSA) is 30.5 Å². The largest absolute Gasteiger partial charge is 0.486 e. The Bertz CT molecular complexity index is 668. The molecule has 122 valence electrons. The van der Waals surface area contributed by atoms with Crippen molar-refractivity contribution in [3.8, 4) is 11.5 Å². The van der Waals surface area contributed by atoms with Crippen LogP contribution in [0, 0.1) is 0 Å². The summed E-state index contributed by atoms with van der Waals surface area (Å²) in [5.74, 6) is 1.96. The van der Waals surface area contributed by atoms with Crippen LogP contribution >= 0.6 is 11.6 Å². The van der Waals surface area contributed by atoms with Gasteiger partial charge in [-0.1, -0.05) is 49.7 Å². The number of ether oxygens (including phenoxy) is 2. The second-order valence-corrected chi connectivity index (χ2v) is 6.51. The van der Waals surface area contributed by atoms with Gasteiger partial charge < -0.3 is 14.8 Å². The minimum absolute atomic E-state index is 0.552. The number of hydrogen-bond acceptors (Lipinski definition) is 3. The average molecular weight is 332 g/mol. The van der Waals surface area contributed by atoms with Crippen molar-refractivity contribution in [3.63, 3.8) is 0 Å². The SMILES string of the molecule is CC(C)c1ccc(CNCc2cc(Cl)c3c(c2)OCCO3)cc1. The molecule has 1 aliphatic heterocycles. The molecule has 1 heterocycles. The molecule has 3 nitrogen and oxygen atoms in total. The number of halogens is 1. The van der Waals surface area contributed by atoms with Crippen molar-refractivity contribution in [1.29, 1.82) is 0 Å². The van der Waals surface area contributed by atoms with Gasteiger partial charge in [0.25, 0.3) is 0 Å². The summed E-state index contributed by atoms with van der Waals surface area (Å²) in [6.07, 6.45) is 0. The Balaban J connectivity index is 1.59. The predicted molar refractivity (Wildman–Crippen MR) is 93.5 cm³/mol. The monoisotopic (exact) mass is 331 g/mol. The maximum atomic E-state index is 6.26. The first-order valence-electron chi connectivity index (χ1n) is 8.01. The number of rotatable bonds is 5. The van der Waals surface area contributed by atoms with Gasteiger partial charge in [0.1, 0.15) is 13.2 Å². The van der Waals surface area contributed by atoms with E-state index < -0.39 is 0 Å². The maximum Gasteiger partial charge on any atom is 0.179 e. The molecule has 0 spiro atoms. The van der Waals surface area contributed by atoms with Crippen LogP contribution < -0.4 is 14.8 Å². The predicted octanol–water partition coefficient (Wildman–Crippen LogP) is 4.52. The van der Waals surface area contributed by atoms with E-state index in [1.165, 1.54) is 11.1 Å². The van der Waals surface area contributed by atoms with Crippen LogP contribution in [0.5, 0.6) is 11.5 Å². The van der Waals surface area contributed by atoms with Gasteiger partial charge in [0.05, 0.1) is 5.02 Å². The summed E-state index contributed by atoms with van der Waals surface area (Å²) < 4.78 is 11.1. The molecule has 1 aliphatic rings. The zero-order valence-electron chi connectivity index (χ0n) is 13.6. The zero-order valence-corrected chi connectivity index (χ0v) is 14.3. The lowest BCUT2D eigenvalue weighted by molar-refractivity contribution is 0.171. The molecule has 1 N–H and O–H groups in total. The molecule has 2 aromatic rings.